The van der Waals surface area contributed by atoms with Crippen LogP contribution in [0.4, 0.5) is 11.6 Å². The summed E-state index contributed by atoms with van der Waals surface area (Å²) < 4.78 is 1.61. The maximum Gasteiger partial charge on any atom is 0.253 e. The third kappa shape index (κ3) is 4.47. The lowest BCUT2D eigenvalue weighted by Gasteiger charge is -2.40. The van der Waals surface area contributed by atoms with Gasteiger partial charge in [-0.1, -0.05) is 6.07 Å². The van der Waals surface area contributed by atoms with Gasteiger partial charge in [-0.2, -0.15) is 20.6 Å². The van der Waals surface area contributed by atoms with Gasteiger partial charge in [0.25, 0.3) is 5.95 Å². The van der Waals surface area contributed by atoms with Gasteiger partial charge in [0.15, 0.2) is 0 Å². The van der Waals surface area contributed by atoms with E-state index in [-0.39, 0.29) is 17.4 Å². The zero-order chi connectivity index (χ0) is 23.5. The summed E-state index contributed by atoms with van der Waals surface area (Å²) in [4.78, 5) is 18.3. The Morgan fingerprint density at radius 1 is 1.15 bits per heavy atom. The summed E-state index contributed by atoms with van der Waals surface area (Å²) in [5.41, 5.74) is 8.98. The molecule has 0 spiro atoms. The maximum absolute atomic E-state index is 9.74. The molecule has 0 unspecified atom stereocenters. The number of nitrogens with zero attached hydrogens (tertiary/aromatic N) is 9. The molecule has 4 rings (SSSR count). The normalized spacial score (nSPS) is 16.4. The molecule has 0 radical (unpaired) electrons. The largest absolute Gasteiger partial charge is 0.382 e. The van der Waals surface area contributed by atoms with Crippen LogP contribution in [0.5, 0.6) is 0 Å². The van der Waals surface area contributed by atoms with Crippen molar-refractivity contribution in [3.8, 4) is 29.5 Å². The number of pyridine rings is 1. The smallest absolute Gasteiger partial charge is 0.253 e. The van der Waals surface area contributed by atoms with Crippen LogP contribution in [0, 0.1) is 36.5 Å². The number of anilines is 2. The lowest BCUT2D eigenvalue weighted by molar-refractivity contribution is 0.233. The Balaban J connectivity index is 1.69. The molecule has 1 saturated heterocycles. The van der Waals surface area contributed by atoms with Crippen LogP contribution in [0.2, 0.25) is 0 Å². The lowest BCUT2D eigenvalue weighted by atomic mass is 10.1. The molecule has 0 aromatic carbocycles. The van der Waals surface area contributed by atoms with Gasteiger partial charge in [-0.05, 0) is 39.0 Å². The summed E-state index contributed by atoms with van der Waals surface area (Å²) in [5, 5.41) is 23.0. The van der Waals surface area contributed by atoms with Gasteiger partial charge in [0.05, 0.1) is 17.5 Å². The molecule has 2 N–H and O–H groups in total. The molecular formula is C23H26N10. The Hall–Kier alpha value is -4.02. The van der Waals surface area contributed by atoms with Gasteiger partial charge < -0.3 is 10.6 Å². The molecule has 3 aromatic rings. The average Bonchev–Trinajstić information content (AvgIpc) is 3.15. The van der Waals surface area contributed by atoms with Crippen LogP contribution in [0.1, 0.15) is 30.3 Å². The second kappa shape index (κ2) is 9.23. The highest BCUT2D eigenvalue weighted by atomic mass is 15.4. The molecule has 168 valence electrons. The molecule has 0 bridgehead atoms. The number of nitrogens with two attached hydrogens (primary N) is 1. The van der Waals surface area contributed by atoms with Crippen LogP contribution in [0.3, 0.4) is 0 Å². The van der Waals surface area contributed by atoms with Gasteiger partial charge in [0.2, 0.25) is 0 Å². The van der Waals surface area contributed by atoms with Crippen molar-refractivity contribution in [2.45, 2.75) is 33.2 Å². The SMILES string of the molecule is Cc1cc(C)n(-c2nc(N)c(C#N)c(-c3cccc(N4CCN(CCC#N)C[C@@H]4C)n3)n2)n1. The maximum atomic E-state index is 9.74. The molecule has 1 aliphatic heterocycles. The van der Waals surface area contributed by atoms with Gasteiger partial charge in [-0.25, -0.2) is 14.6 Å². The van der Waals surface area contributed by atoms with E-state index in [0.717, 1.165) is 43.4 Å². The van der Waals surface area contributed by atoms with Crippen LogP contribution in [-0.4, -0.2) is 61.9 Å². The highest BCUT2D eigenvalue weighted by Gasteiger charge is 2.25. The summed E-state index contributed by atoms with van der Waals surface area (Å²) in [5.74, 6) is 1.21. The standard InChI is InChI=1S/C23H26N10/c1-15-12-16(2)33(30-15)23-28-21(18(13-25)22(26)29-23)19-6-4-7-20(27-19)32-11-10-31(9-5-8-24)14-17(32)3/h4,6-7,12,17H,5,9-11,14H2,1-3H3,(H2,26,28,29)/t17-/m0/s1. The quantitative estimate of drug-likeness (QED) is 0.630. The number of hydrogen-bond acceptors (Lipinski definition) is 9. The Bertz CT molecular complexity index is 1250. The molecule has 0 aliphatic carbocycles. The van der Waals surface area contributed by atoms with Crippen molar-refractivity contribution in [1.82, 2.24) is 29.6 Å². The van der Waals surface area contributed by atoms with Gasteiger partial charge in [0.1, 0.15) is 29.0 Å². The van der Waals surface area contributed by atoms with Gasteiger partial charge in [-0.3, -0.25) is 4.90 Å². The second-order valence-corrected chi connectivity index (χ2v) is 8.22. The molecule has 10 heteroatoms. The molecule has 1 fully saturated rings. The van der Waals surface area contributed by atoms with Gasteiger partial charge in [0, 0.05) is 44.3 Å². The fraction of sp³-hybridized carbons (Fsp3) is 0.391. The predicted octanol–water partition coefficient (Wildman–Crippen LogP) is 2.22. The Morgan fingerprint density at radius 2 is 1.97 bits per heavy atom. The Labute approximate surface area is 192 Å². The molecule has 10 nitrogen and oxygen atoms in total. The first-order valence-corrected chi connectivity index (χ1v) is 10.9. The van der Waals surface area contributed by atoms with Crippen LogP contribution >= 0.6 is 0 Å². The van der Waals surface area contributed by atoms with E-state index in [0.29, 0.717) is 23.8 Å². The van der Waals surface area contributed by atoms with Crippen molar-refractivity contribution >= 4 is 11.6 Å². The van der Waals surface area contributed by atoms with E-state index in [2.05, 4.69) is 43.9 Å². The summed E-state index contributed by atoms with van der Waals surface area (Å²) in [6.45, 7) is 9.26. The number of hydrogen-bond donors (Lipinski definition) is 1. The van der Waals surface area contributed by atoms with E-state index in [1.165, 1.54) is 0 Å². The Morgan fingerprint density at radius 3 is 2.64 bits per heavy atom. The lowest BCUT2D eigenvalue weighted by Crippen LogP contribution is -2.52. The van der Waals surface area contributed by atoms with E-state index >= 15 is 0 Å². The summed E-state index contributed by atoms with van der Waals surface area (Å²) in [7, 11) is 0. The minimum absolute atomic E-state index is 0.0942. The predicted molar refractivity (Wildman–Crippen MR) is 124 cm³/mol. The third-order valence-corrected chi connectivity index (χ3v) is 5.76. The fourth-order valence-corrected chi connectivity index (χ4v) is 4.19. The van der Waals surface area contributed by atoms with E-state index in [1.807, 2.05) is 38.1 Å². The van der Waals surface area contributed by atoms with E-state index in [4.69, 9.17) is 16.0 Å². The number of rotatable bonds is 5. The molecular weight excluding hydrogens is 416 g/mol. The van der Waals surface area contributed by atoms with Crippen molar-refractivity contribution in [3.05, 3.63) is 41.2 Å². The van der Waals surface area contributed by atoms with E-state index in [9.17, 15) is 5.26 Å². The molecule has 1 atom stereocenters. The Kier molecular flexibility index (Phi) is 6.20. The number of aromatic nitrogens is 5. The highest BCUT2D eigenvalue weighted by molar-refractivity contribution is 5.71. The average molecular weight is 443 g/mol. The molecule has 3 aromatic heterocycles. The first-order chi connectivity index (χ1) is 15.9. The van der Waals surface area contributed by atoms with E-state index in [1.54, 1.807) is 4.68 Å². The first-order valence-electron chi connectivity index (χ1n) is 10.9. The second-order valence-electron chi connectivity index (χ2n) is 8.22. The van der Waals surface area contributed by atoms with E-state index < -0.39 is 0 Å². The topological polar surface area (TPSA) is 137 Å². The minimum Gasteiger partial charge on any atom is -0.382 e. The molecule has 4 heterocycles. The van der Waals surface area contributed by atoms with Crippen LogP contribution < -0.4 is 10.6 Å². The van der Waals surface area contributed by atoms with Crippen molar-refractivity contribution in [1.29, 1.82) is 10.5 Å². The number of nitriles is 2. The number of aryl methyl sites for hydroxylation is 2. The summed E-state index contributed by atoms with van der Waals surface area (Å²) in [6.07, 6.45) is 0.532. The number of nitrogen functional groups attached to an aromatic ring is 1. The summed E-state index contributed by atoms with van der Waals surface area (Å²) >= 11 is 0. The van der Waals surface area contributed by atoms with Crippen LogP contribution in [-0.2, 0) is 0 Å². The van der Waals surface area contributed by atoms with Crippen LogP contribution in [0.25, 0.3) is 17.3 Å². The van der Waals surface area contributed by atoms with Crippen molar-refractivity contribution < 1.29 is 0 Å². The summed E-state index contributed by atoms with van der Waals surface area (Å²) in [6, 6.07) is 12.2. The van der Waals surface area contributed by atoms with Crippen molar-refractivity contribution in [2.24, 2.45) is 0 Å². The minimum atomic E-state index is 0.0942. The molecule has 0 saturated carbocycles. The molecule has 1 aliphatic rings. The third-order valence-electron chi connectivity index (χ3n) is 5.76. The number of piperazine rings is 1. The van der Waals surface area contributed by atoms with Crippen LogP contribution in [0.15, 0.2) is 24.3 Å². The molecule has 0 amide bonds. The fourth-order valence-electron chi connectivity index (χ4n) is 4.19. The first kappa shape index (κ1) is 22.2. The monoisotopic (exact) mass is 442 g/mol. The van der Waals surface area contributed by atoms with Crippen molar-refractivity contribution in [2.75, 3.05) is 36.8 Å². The van der Waals surface area contributed by atoms with Gasteiger partial charge in [-0.15, -0.1) is 0 Å². The van der Waals surface area contributed by atoms with Gasteiger partial charge >= 0.3 is 0 Å². The molecule has 33 heavy (non-hydrogen) atoms. The van der Waals surface area contributed by atoms with Crippen molar-refractivity contribution in [3.63, 3.8) is 0 Å². The zero-order valence-electron chi connectivity index (χ0n) is 19.0. The highest BCUT2D eigenvalue weighted by Crippen LogP contribution is 2.27. The zero-order valence-corrected chi connectivity index (χ0v) is 19.0.